The molecule has 0 aliphatic carbocycles. The molecule has 1 N–H and O–H groups in total. The minimum Gasteiger partial charge on any atom is -0.491 e. The molecule has 6 heteroatoms. The molecular formula is C28H35N3O3. The zero-order valence-corrected chi connectivity index (χ0v) is 20.3. The molecule has 2 aromatic carbocycles. The summed E-state index contributed by atoms with van der Waals surface area (Å²) in [6.45, 7) is 7.74. The first-order valence-electron chi connectivity index (χ1n) is 12.4. The highest BCUT2D eigenvalue weighted by Crippen LogP contribution is 2.28. The van der Waals surface area contributed by atoms with Crippen LogP contribution >= 0.6 is 0 Å². The van der Waals surface area contributed by atoms with Crippen LogP contribution in [0, 0.1) is 12.8 Å². The Bertz CT molecular complexity index is 1150. The number of rotatable bonds is 6. The van der Waals surface area contributed by atoms with E-state index in [0.717, 1.165) is 59.7 Å². The molecule has 1 atom stereocenters. The van der Waals surface area contributed by atoms with Gasteiger partial charge in [-0.25, -0.2) is 0 Å². The Morgan fingerprint density at radius 2 is 2.09 bits per heavy atom. The first kappa shape index (κ1) is 22.9. The molecule has 0 unspecified atom stereocenters. The number of nitrogens with zero attached hydrogens (tertiary/aromatic N) is 2. The van der Waals surface area contributed by atoms with Gasteiger partial charge >= 0.3 is 0 Å². The summed E-state index contributed by atoms with van der Waals surface area (Å²) in [5, 5.41) is 1.13. The largest absolute Gasteiger partial charge is 0.491 e. The van der Waals surface area contributed by atoms with Crippen molar-refractivity contribution in [3.8, 4) is 5.75 Å². The second kappa shape index (κ2) is 10.2. The molecule has 2 aliphatic heterocycles. The fraction of sp³-hybridized carbons (Fsp3) is 0.464. The second-order valence-electron chi connectivity index (χ2n) is 9.76. The number of ether oxygens (including phenoxy) is 2. The molecular weight excluding hydrogens is 426 g/mol. The Morgan fingerprint density at radius 3 is 2.97 bits per heavy atom. The summed E-state index contributed by atoms with van der Waals surface area (Å²) in [4.78, 5) is 21.2. The normalized spacial score (nSPS) is 19.0. The van der Waals surface area contributed by atoms with Crippen molar-refractivity contribution in [1.82, 2.24) is 14.8 Å². The van der Waals surface area contributed by atoms with E-state index in [2.05, 4.69) is 40.2 Å². The number of likely N-dealkylation sites (tertiary alicyclic amines) is 1. The number of amides is 1. The Labute approximate surface area is 201 Å². The third kappa shape index (κ3) is 4.98. The second-order valence-corrected chi connectivity index (χ2v) is 9.76. The maximum atomic E-state index is 13.4. The lowest BCUT2D eigenvalue weighted by atomic mass is 9.98. The van der Waals surface area contributed by atoms with Crippen molar-refractivity contribution >= 4 is 16.8 Å². The number of methoxy groups -OCH3 is 1. The summed E-state index contributed by atoms with van der Waals surface area (Å²) in [5.41, 5.74) is 5.63. The Balaban J connectivity index is 1.29. The number of fused-ring (bicyclic) bond motifs is 2. The standard InChI is InChI=1S/C28H35N3O3/c1-20-25(24-7-3-4-8-26(24)29-20)15-28(32)31-12-13-34-27-10-9-21(14-23(27)18-31)16-30-11-5-6-22(17-30)19-33-2/h3-4,7-10,14,22,29H,5-6,11-13,15-19H2,1-2H3/t22-/m0/s1. The van der Waals surface area contributed by atoms with Crippen molar-refractivity contribution < 1.29 is 14.3 Å². The van der Waals surface area contributed by atoms with Crippen LogP contribution in [0.4, 0.5) is 0 Å². The zero-order chi connectivity index (χ0) is 23.5. The van der Waals surface area contributed by atoms with Crippen molar-refractivity contribution in [2.24, 2.45) is 5.92 Å². The van der Waals surface area contributed by atoms with E-state index in [-0.39, 0.29) is 5.91 Å². The number of benzene rings is 2. The van der Waals surface area contributed by atoms with Crippen LogP contribution in [0.1, 0.15) is 35.2 Å². The van der Waals surface area contributed by atoms with E-state index in [9.17, 15) is 4.79 Å². The summed E-state index contributed by atoms with van der Waals surface area (Å²) in [7, 11) is 1.79. The van der Waals surface area contributed by atoms with Crippen LogP contribution in [0.5, 0.6) is 5.75 Å². The molecule has 180 valence electrons. The van der Waals surface area contributed by atoms with Crippen molar-refractivity contribution in [3.63, 3.8) is 0 Å². The summed E-state index contributed by atoms with van der Waals surface area (Å²) in [5.74, 6) is 1.66. The van der Waals surface area contributed by atoms with E-state index >= 15 is 0 Å². The quantitative estimate of drug-likeness (QED) is 0.595. The fourth-order valence-corrected chi connectivity index (χ4v) is 5.51. The third-order valence-corrected chi connectivity index (χ3v) is 7.22. The van der Waals surface area contributed by atoms with Crippen LogP contribution in [-0.4, -0.2) is 60.6 Å². The molecule has 3 heterocycles. The number of aromatic amines is 1. The van der Waals surface area contributed by atoms with E-state index in [1.807, 2.05) is 24.0 Å². The molecule has 1 aromatic heterocycles. The lowest BCUT2D eigenvalue weighted by Gasteiger charge is -2.32. The number of aryl methyl sites for hydroxylation is 1. The van der Waals surface area contributed by atoms with Gasteiger partial charge in [-0.2, -0.15) is 0 Å². The maximum Gasteiger partial charge on any atom is 0.227 e. The van der Waals surface area contributed by atoms with Gasteiger partial charge in [-0.3, -0.25) is 9.69 Å². The molecule has 0 bridgehead atoms. The summed E-state index contributed by atoms with van der Waals surface area (Å²) >= 11 is 0. The number of hydrogen-bond acceptors (Lipinski definition) is 4. The number of aromatic nitrogens is 1. The molecule has 0 radical (unpaired) electrons. The Hall–Kier alpha value is -2.83. The van der Waals surface area contributed by atoms with Gasteiger partial charge in [0.1, 0.15) is 12.4 Å². The predicted molar refractivity (Wildman–Crippen MR) is 134 cm³/mol. The summed E-state index contributed by atoms with van der Waals surface area (Å²) in [6, 6.07) is 14.7. The molecule has 34 heavy (non-hydrogen) atoms. The van der Waals surface area contributed by atoms with Gasteiger partial charge < -0.3 is 19.4 Å². The van der Waals surface area contributed by atoms with Gasteiger partial charge in [0, 0.05) is 48.9 Å². The molecule has 1 fully saturated rings. The molecule has 0 spiro atoms. The van der Waals surface area contributed by atoms with Crippen molar-refractivity contribution in [3.05, 3.63) is 64.8 Å². The number of piperidine rings is 1. The minimum atomic E-state index is 0.146. The SMILES string of the molecule is COC[C@H]1CCCN(Cc2ccc3c(c2)CN(C(=O)Cc2c(C)[nH]c4ccccc24)CCO3)C1. The van der Waals surface area contributed by atoms with Gasteiger partial charge in [0.25, 0.3) is 0 Å². The van der Waals surface area contributed by atoms with E-state index in [1.54, 1.807) is 7.11 Å². The van der Waals surface area contributed by atoms with Gasteiger partial charge in [0.15, 0.2) is 0 Å². The van der Waals surface area contributed by atoms with Crippen LogP contribution in [0.2, 0.25) is 0 Å². The highest BCUT2D eigenvalue weighted by molar-refractivity contribution is 5.90. The lowest BCUT2D eigenvalue weighted by Crippen LogP contribution is -2.36. The topological polar surface area (TPSA) is 57.8 Å². The summed E-state index contributed by atoms with van der Waals surface area (Å²) < 4.78 is 11.4. The molecule has 3 aromatic rings. The van der Waals surface area contributed by atoms with Gasteiger partial charge in [-0.15, -0.1) is 0 Å². The van der Waals surface area contributed by atoms with Crippen LogP contribution in [0.25, 0.3) is 10.9 Å². The number of nitrogens with one attached hydrogen (secondary N) is 1. The smallest absolute Gasteiger partial charge is 0.227 e. The van der Waals surface area contributed by atoms with Crippen molar-refractivity contribution in [1.29, 1.82) is 0 Å². The fourth-order valence-electron chi connectivity index (χ4n) is 5.51. The van der Waals surface area contributed by atoms with Crippen molar-refractivity contribution in [2.45, 2.75) is 39.3 Å². The average Bonchev–Trinajstić information content (AvgIpc) is 3.00. The number of H-pyrrole nitrogens is 1. The number of para-hydroxylation sites is 1. The Morgan fingerprint density at radius 1 is 1.21 bits per heavy atom. The third-order valence-electron chi connectivity index (χ3n) is 7.22. The van der Waals surface area contributed by atoms with E-state index in [4.69, 9.17) is 9.47 Å². The molecule has 2 aliphatic rings. The summed E-state index contributed by atoms with van der Waals surface area (Å²) in [6.07, 6.45) is 2.87. The molecule has 1 amide bonds. The Kier molecular flexibility index (Phi) is 6.88. The van der Waals surface area contributed by atoms with Gasteiger partial charge in [0.2, 0.25) is 5.91 Å². The van der Waals surface area contributed by atoms with Crippen LogP contribution in [-0.2, 0) is 29.0 Å². The molecule has 6 nitrogen and oxygen atoms in total. The minimum absolute atomic E-state index is 0.146. The van der Waals surface area contributed by atoms with E-state index in [0.29, 0.717) is 32.0 Å². The number of hydrogen-bond donors (Lipinski definition) is 1. The van der Waals surface area contributed by atoms with Gasteiger partial charge in [-0.05, 0) is 61.6 Å². The van der Waals surface area contributed by atoms with E-state index in [1.165, 1.54) is 18.4 Å². The zero-order valence-electron chi connectivity index (χ0n) is 20.3. The van der Waals surface area contributed by atoms with Crippen LogP contribution < -0.4 is 4.74 Å². The molecule has 1 saturated heterocycles. The molecule has 0 saturated carbocycles. The van der Waals surface area contributed by atoms with Crippen LogP contribution in [0.3, 0.4) is 0 Å². The highest BCUT2D eigenvalue weighted by Gasteiger charge is 2.24. The first-order chi connectivity index (χ1) is 16.6. The van der Waals surface area contributed by atoms with E-state index < -0.39 is 0 Å². The number of carbonyl (C=O) groups is 1. The number of carbonyl (C=O) groups excluding carboxylic acids is 1. The van der Waals surface area contributed by atoms with Crippen LogP contribution in [0.15, 0.2) is 42.5 Å². The molecule has 5 rings (SSSR count). The average molecular weight is 462 g/mol. The van der Waals surface area contributed by atoms with Gasteiger partial charge in [-0.1, -0.05) is 24.3 Å². The maximum absolute atomic E-state index is 13.4. The predicted octanol–water partition coefficient (Wildman–Crippen LogP) is 4.30. The van der Waals surface area contributed by atoms with Gasteiger partial charge in [0.05, 0.1) is 19.6 Å². The highest BCUT2D eigenvalue weighted by atomic mass is 16.5. The monoisotopic (exact) mass is 461 g/mol. The lowest BCUT2D eigenvalue weighted by molar-refractivity contribution is -0.131. The first-order valence-corrected chi connectivity index (χ1v) is 12.4. The van der Waals surface area contributed by atoms with Crippen molar-refractivity contribution in [2.75, 3.05) is 40.0 Å².